The first-order valence-corrected chi connectivity index (χ1v) is 11.9. The Kier molecular flexibility index (Phi) is 11.7. The molecule has 0 unspecified atom stereocenters. The van der Waals surface area contributed by atoms with E-state index in [9.17, 15) is 140 Å². The zero-order chi connectivity index (χ0) is 44.1. The molecule has 1 aliphatic carbocycles. The van der Waals surface area contributed by atoms with Gasteiger partial charge in [0.05, 0.1) is 0 Å². The number of hydrogen-bond acceptors (Lipinski definition) is 2. The molecule has 0 heterocycles. The first-order chi connectivity index (χ1) is 23.1. The predicted molar refractivity (Wildman–Crippen MR) is 100 cm³/mol. The summed E-state index contributed by atoms with van der Waals surface area (Å²) in [7, 11) is 0. The van der Waals surface area contributed by atoms with Crippen molar-refractivity contribution in [2.45, 2.75) is 95.8 Å². The molecule has 34 heteroatoms. The lowest BCUT2D eigenvalue weighted by Crippen LogP contribution is -2.70. The van der Waals surface area contributed by atoms with Crippen LogP contribution in [-0.4, -0.2) is 109 Å². The standard InChI is InChI=1S/C20H6F32O2/c21-5(22)11(33,34)17(45,46)19(49,50)13(37,38)7(25,26)1-53-3-4(10(31,32)16(43,44)15(41,42)9(3,29)30)54-2-8(27,28)14(39,40)20(51,52)18(47,48)12(35,36)6(23)24/h5-6H,1-2H2. The molecule has 322 valence electrons. The maximum Gasteiger partial charge on any atom is 0.386 e. The van der Waals surface area contributed by atoms with E-state index in [1.54, 1.807) is 0 Å². The summed E-state index contributed by atoms with van der Waals surface area (Å²) < 4.78 is 436. The van der Waals surface area contributed by atoms with Gasteiger partial charge in [-0.25, -0.2) is 17.6 Å². The molecule has 0 aromatic carbocycles. The van der Waals surface area contributed by atoms with Crippen LogP contribution in [0, 0.1) is 0 Å². The fourth-order valence-corrected chi connectivity index (χ4v) is 3.33. The molecular formula is C20H6F32O2. The van der Waals surface area contributed by atoms with Crippen molar-refractivity contribution in [3.8, 4) is 0 Å². The highest BCUT2D eigenvalue weighted by Crippen LogP contribution is 2.64. The van der Waals surface area contributed by atoms with Crippen LogP contribution < -0.4 is 0 Å². The van der Waals surface area contributed by atoms with Crippen LogP contribution in [0.2, 0.25) is 0 Å². The fourth-order valence-electron chi connectivity index (χ4n) is 3.33. The second-order valence-electron chi connectivity index (χ2n) is 10.2. The van der Waals surface area contributed by atoms with E-state index in [1.807, 2.05) is 0 Å². The summed E-state index contributed by atoms with van der Waals surface area (Å²) >= 11 is 0. The quantitative estimate of drug-likeness (QED) is 0.144. The fraction of sp³-hybridized carbons (Fsp3) is 0.900. The molecule has 0 N–H and O–H groups in total. The van der Waals surface area contributed by atoms with E-state index in [1.165, 1.54) is 0 Å². The minimum Gasteiger partial charge on any atom is -0.482 e. The Morgan fingerprint density at radius 1 is 0.352 bits per heavy atom. The van der Waals surface area contributed by atoms with Gasteiger partial charge in [-0.3, -0.25) is 0 Å². The predicted octanol–water partition coefficient (Wildman–Crippen LogP) is 10.7. The summed E-state index contributed by atoms with van der Waals surface area (Å²) in [4.78, 5) is 0. The summed E-state index contributed by atoms with van der Waals surface area (Å²) in [5.74, 6) is -124. The molecule has 0 saturated heterocycles. The Labute approximate surface area is 272 Å². The van der Waals surface area contributed by atoms with Gasteiger partial charge in [-0.1, -0.05) is 0 Å². The van der Waals surface area contributed by atoms with Gasteiger partial charge in [0.2, 0.25) is 11.5 Å². The van der Waals surface area contributed by atoms with Crippen LogP contribution in [-0.2, 0) is 9.47 Å². The van der Waals surface area contributed by atoms with Crippen LogP contribution in [0.4, 0.5) is 140 Å². The van der Waals surface area contributed by atoms with Crippen molar-refractivity contribution >= 4 is 0 Å². The monoisotopic (exact) mass is 886 g/mol. The van der Waals surface area contributed by atoms with Gasteiger partial charge in [0.1, 0.15) is 0 Å². The minimum absolute atomic E-state index is 2.40. The number of hydrogen-bond donors (Lipinski definition) is 0. The highest BCUT2D eigenvalue weighted by atomic mass is 19.4. The second-order valence-corrected chi connectivity index (χ2v) is 10.2. The summed E-state index contributed by atoms with van der Waals surface area (Å²) in [5, 5.41) is 0. The van der Waals surface area contributed by atoms with Crippen LogP contribution in [0.1, 0.15) is 0 Å². The number of halogens is 32. The van der Waals surface area contributed by atoms with Gasteiger partial charge < -0.3 is 9.47 Å². The zero-order valence-electron chi connectivity index (χ0n) is 23.5. The third kappa shape index (κ3) is 6.13. The summed E-state index contributed by atoms with van der Waals surface area (Å²) in [5.41, 5.74) is 0. The van der Waals surface area contributed by atoms with E-state index in [2.05, 4.69) is 9.47 Å². The van der Waals surface area contributed by atoms with E-state index >= 15 is 0 Å². The maximum absolute atomic E-state index is 14.3. The molecule has 0 aromatic rings. The Bertz CT molecular complexity index is 1300. The lowest BCUT2D eigenvalue weighted by Gasteiger charge is -2.44. The Hall–Kier alpha value is -2.90. The Morgan fingerprint density at radius 2 is 0.556 bits per heavy atom. The van der Waals surface area contributed by atoms with Gasteiger partial charge in [-0.05, 0) is 0 Å². The van der Waals surface area contributed by atoms with Crippen LogP contribution in [0.25, 0.3) is 0 Å². The van der Waals surface area contributed by atoms with Crippen LogP contribution in [0.3, 0.4) is 0 Å². The molecule has 54 heavy (non-hydrogen) atoms. The van der Waals surface area contributed by atoms with Gasteiger partial charge >= 0.3 is 95.8 Å². The van der Waals surface area contributed by atoms with Crippen molar-refractivity contribution in [3.05, 3.63) is 11.5 Å². The summed E-state index contributed by atoms with van der Waals surface area (Å²) in [6.45, 7) is -9.61. The van der Waals surface area contributed by atoms with Crippen LogP contribution in [0.15, 0.2) is 11.5 Å². The SMILES string of the molecule is FC(F)C(F)(F)C(F)(F)C(F)(F)C(F)(F)C(F)(F)COC1=C(OCC(F)(F)C(F)(F)C(F)(F)C(F)(F)C(F)(F)C(F)F)C(F)(F)C(F)(F)C(F)(F)C1(F)F. The largest absolute Gasteiger partial charge is 0.482 e. The van der Waals surface area contributed by atoms with Gasteiger partial charge in [0.25, 0.3) is 0 Å². The molecule has 0 bridgehead atoms. The number of ether oxygens (including phenoxy) is 2. The molecule has 1 rings (SSSR count). The minimum atomic E-state index is -8.67. The van der Waals surface area contributed by atoms with E-state index in [-0.39, 0.29) is 0 Å². The average Bonchev–Trinajstić information content (AvgIpc) is 2.96. The topological polar surface area (TPSA) is 18.5 Å². The Balaban J connectivity index is 3.99. The molecule has 0 aliphatic heterocycles. The first-order valence-electron chi connectivity index (χ1n) is 11.9. The Morgan fingerprint density at radius 3 is 0.741 bits per heavy atom. The third-order valence-electron chi connectivity index (χ3n) is 6.64. The molecule has 0 spiro atoms. The molecule has 0 radical (unpaired) electrons. The van der Waals surface area contributed by atoms with Crippen molar-refractivity contribution in [1.82, 2.24) is 0 Å². The molecule has 0 aromatic heterocycles. The maximum atomic E-state index is 14.3. The number of rotatable bonds is 16. The summed E-state index contributed by atoms with van der Waals surface area (Å²) in [6, 6.07) is 0. The van der Waals surface area contributed by atoms with Gasteiger partial charge in [-0.2, -0.15) is 123 Å². The third-order valence-corrected chi connectivity index (χ3v) is 6.64. The highest BCUT2D eigenvalue weighted by Gasteiger charge is 2.91. The van der Waals surface area contributed by atoms with Crippen molar-refractivity contribution in [2.24, 2.45) is 0 Å². The van der Waals surface area contributed by atoms with Crippen molar-refractivity contribution in [3.63, 3.8) is 0 Å². The van der Waals surface area contributed by atoms with E-state index in [4.69, 9.17) is 0 Å². The normalized spacial score (nSPS) is 20.9. The highest BCUT2D eigenvalue weighted by molar-refractivity contribution is 5.33. The zero-order valence-corrected chi connectivity index (χ0v) is 23.5. The first kappa shape index (κ1) is 49.1. The summed E-state index contributed by atoms with van der Waals surface area (Å²) in [6.07, 6.45) is -12.4. The second kappa shape index (κ2) is 12.8. The molecular weight excluding hydrogens is 880 g/mol. The van der Waals surface area contributed by atoms with Crippen molar-refractivity contribution < 1.29 is 150 Å². The number of allylic oxidation sites excluding steroid dienone is 2. The molecule has 0 amide bonds. The van der Waals surface area contributed by atoms with Crippen LogP contribution >= 0.6 is 0 Å². The molecule has 0 atom stereocenters. The van der Waals surface area contributed by atoms with Crippen molar-refractivity contribution in [2.75, 3.05) is 13.2 Å². The molecule has 1 aliphatic rings. The van der Waals surface area contributed by atoms with Gasteiger partial charge in [0, 0.05) is 0 Å². The lowest BCUT2D eigenvalue weighted by atomic mass is 9.88. The van der Waals surface area contributed by atoms with Gasteiger partial charge in [-0.15, -0.1) is 0 Å². The number of alkyl halides is 32. The lowest BCUT2D eigenvalue weighted by molar-refractivity contribution is -0.418. The van der Waals surface area contributed by atoms with E-state index in [0.717, 1.165) is 0 Å². The van der Waals surface area contributed by atoms with E-state index in [0.29, 0.717) is 0 Å². The van der Waals surface area contributed by atoms with Gasteiger partial charge in [0.15, 0.2) is 13.2 Å². The van der Waals surface area contributed by atoms with E-state index < -0.39 is 120 Å². The van der Waals surface area contributed by atoms with Crippen LogP contribution in [0.5, 0.6) is 0 Å². The smallest absolute Gasteiger partial charge is 0.386 e. The van der Waals surface area contributed by atoms with Crippen molar-refractivity contribution in [1.29, 1.82) is 0 Å². The molecule has 0 fully saturated rings. The average molecular weight is 886 g/mol. The molecule has 0 saturated carbocycles. The molecule has 2 nitrogen and oxygen atoms in total.